The van der Waals surface area contributed by atoms with Crippen LogP contribution in [0.4, 0.5) is 5.69 Å². The number of carbonyl (C=O) groups is 1. The number of aromatic nitrogens is 2. The van der Waals surface area contributed by atoms with Crippen LogP contribution in [0.1, 0.15) is 43.6 Å². The first-order chi connectivity index (χ1) is 14.4. The molecule has 0 saturated carbocycles. The average Bonchev–Trinajstić information content (AvgIpc) is 3.16. The van der Waals surface area contributed by atoms with Crippen molar-refractivity contribution < 1.29 is 4.79 Å². The Kier molecular flexibility index (Phi) is 5.17. The van der Waals surface area contributed by atoms with Crippen LogP contribution in [-0.4, -0.2) is 15.7 Å². The number of fused-ring (bicyclic) bond motifs is 1. The molecule has 0 spiro atoms. The molecular formula is C26H27N3O. The molecule has 0 atom stereocenters. The Bertz CT molecular complexity index is 1180. The number of hydrogen-bond acceptors (Lipinski definition) is 2. The summed E-state index contributed by atoms with van der Waals surface area (Å²) in [6.45, 7) is 8.51. The summed E-state index contributed by atoms with van der Waals surface area (Å²) >= 11 is 0. The number of anilines is 1. The Morgan fingerprint density at radius 3 is 2.27 bits per heavy atom. The third-order valence-electron chi connectivity index (χ3n) is 5.26. The second-order valence-electron chi connectivity index (χ2n) is 8.50. The smallest absolute Gasteiger partial charge is 0.255 e. The lowest BCUT2D eigenvalue weighted by molar-refractivity contribution is 0.102. The molecule has 0 bridgehead atoms. The molecule has 0 unspecified atom stereocenters. The molecule has 0 saturated heterocycles. The molecule has 4 aromatic rings. The van der Waals surface area contributed by atoms with Crippen LogP contribution in [0.15, 0.2) is 72.8 Å². The highest BCUT2D eigenvalue weighted by atomic mass is 16.1. The van der Waals surface area contributed by atoms with Crippen molar-refractivity contribution in [3.63, 3.8) is 0 Å². The van der Waals surface area contributed by atoms with E-state index in [0.29, 0.717) is 5.56 Å². The van der Waals surface area contributed by atoms with Crippen molar-refractivity contribution >= 4 is 22.5 Å². The third-order valence-corrected chi connectivity index (χ3v) is 5.26. The summed E-state index contributed by atoms with van der Waals surface area (Å²) in [4.78, 5) is 13.0. The number of benzene rings is 3. The third kappa shape index (κ3) is 3.73. The van der Waals surface area contributed by atoms with Gasteiger partial charge in [0.05, 0.1) is 22.1 Å². The largest absolute Gasteiger partial charge is 0.321 e. The van der Waals surface area contributed by atoms with Gasteiger partial charge in [-0.25, -0.2) is 0 Å². The Labute approximate surface area is 177 Å². The number of amides is 1. The Morgan fingerprint density at radius 1 is 0.933 bits per heavy atom. The predicted molar refractivity (Wildman–Crippen MR) is 124 cm³/mol. The molecule has 152 valence electrons. The van der Waals surface area contributed by atoms with Crippen molar-refractivity contribution in [2.24, 2.45) is 0 Å². The summed E-state index contributed by atoms with van der Waals surface area (Å²) in [6.07, 6.45) is 0.952. The molecule has 1 heterocycles. The zero-order valence-electron chi connectivity index (χ0n) is 17.9. The molecule has 30 heavy (non-hydrogen) atoms. The fraction of sp³-hybridized carbons (Fsp3) is 0.231. The van der Waals surface area contributed by atoms with Crippen LogP contribution in [-0.2, 0) is 12.0 Å². The molecular weight excluding hydrogens is 370 g/mol. The molecule has 0 fully saturated rings. The van der Waals surface area contributed by atoms with Gasteiger partial charge in [-0.05, 0) is 57.0 Å². The van der Waals surface area contributed by atoms with Crippen LogP contribution >= 0.6 is 0 Å². The highest BCUT2D eigenvalue weighted by Crippen LogP contribution is 2.36. The highest BCUT2D eigenvalue weighted by Gasteiger charge is 2.23. The molecule has 4 rings (SSSR count). The average molecular weight is 398 g/mol. The molecule has 0 aliphatic carbocycles. The molecule has 3 aromatic carbocycles. The van der Waals surface area contributed by atoms with E-state index in [1.165, 1.54) is 5.56 Å². The van der Waals surface area contributed by atoms with Crippen molar-refractivity contribution in [3.8, 4) is 11.3 Å². The van der Waals surface area contributed by atoms with E-state index in [0.717, 1.165) is 34.3 Å². The van der Waals surface area contributed by atoms with Crippen molar-refractivity contribution in [2.75, 3.05) is 5.32 Å². The standard InChI is InChI=1S/C26H27N3O/c1-5-18-14-16-20(17-15-18)25(30)27-21-12-9-13-22-23(21)24(19-10-7-6-8-11-19)28-29(22)26(2,3)4/h6-17H,5H2,1-4H3,(H,27,30). The summed E-state index contributed by atoms with van der Waals surface area (Å²) in [5.74, 6) is -0.118. The topological polar surface area (TPSA) is 46.9 Å². The Morgan fingerprint density at radius 2 is 1.63 bits per heavy atom. The van der Waals surface area contributed by atoms with E-state index in [1.807, 2.05) is 59.3 Å². The van der Waals surface area contributed by atoms with Gasteiger partial charge in [0.25, 0.3) is 5.91 Å². The summed E-state index contributed by atoms with van der Waals surface area (Å²) in [7, 11) is 0. The second-order valence-corrected chi connectivity index (χ2v) is 8.50. The number of rotatable bonds is 4. The van der Waals surface area contributed by atoms with Crippen molar-refractivity contribution in [1.82, 2.24) is 9.78 Å². The van der Waals surface area contributed by atoms with E-state index in [2.05, 4.69) is 51.2 Å². The van der Waals surface area contributed by atoms with Gasteiger partial charge in [0.1, 0.15) is 5.69 Å². The Balaban J connectivity index is 1.83. The van der Waals surface area contributed by atoms with Gasteiger partial charge in [-0.15, -0.1) is 0 Å². The Hall–Kier alpha value is -3.40. The van der Waals surface area contributed by atoms with Crippen LogP contribution in [0.25, 0.3) is 22.2 Å². The fourth-order valence-corrected chi connectivity index (χ4v) is 3.67. The number of nitrogens with zero attached hydrogens (tertiary/aromatic N) is 2. The van der Waals surface area contributed by atoms with E-state index in [4.69, 9.17) is 5.10 Å². The zero-order chi connectivity index (χ0) is 21.3. The fourth-order valence-electron chi connectivity index (χ4n) is 3.67. The van der Waals surface area contributed by atoms with Gasteiger partial charge >= 0.3 is 0 Å². The van der Waals surface area contributed by atoms with Gasteiger partial charge < -0.3 is 5.32 Å². The zero-order valence-corrected chi connectivity index (χ0v) is 17.9. The minimum absolute atomic E-state index is 0.118. The van der Waals surface area contributed by atoms with Gasteiger partial charge in [-0.1, -0.05) is 55.5 Å². The summed E-state index contributed by atoms with van der Waals surface area (Å²) in [5.41, 5.74) is 5.34. The number of aryl methyl sites for hydroxylation is 1. The summed E-state index contributed by atoms with van der Waals surface area (Å²) < 4.78 is 2.04. The van der Waals surface area contributed by atoms with E-state index in [9.17, 15) is 4.79 Å². The van der Waals surface area contributed by atoms with Crippen molar-refractivity contribution in [1.29, 1.82) is 0 Å². The molecule has 0 aliphatic rings. The molecule has 1 aromatic heterocycles. The lowest BCUT2D eigenvalue weighted by atomic mass is 10.0. The van der Waals surface area contributed by atoms with Crippen molar-refractivity contribution in [3.05, 3.63) is 83.9 Å². The van der Waals surface area contributed by atoms with E-state index >= 15 is 0 Å². The number of hydrogen-bond donors (Lipinski definition) is 1. The highest BCUT2D eigenvalue weighted by molar-refractivity contribution is 6.11. The van der Waals surface area contributed by atoms with Gasteiger partial charge in [-0.3, -0.25) is 9.48 Å². The lowest BCUT2D eigenvalue weighted by Gasteiger charge is -2.20. The van der Waals surface area contributed by atoms with E-state index in [-0.39, 0.29) is 11.4 Å². The van der Waals surface area contributed by atoms with Crippen LogP contribution < -0.4 is 5.32 Å². The molecule has 4 heteroatoms. The van der Waals surface area contributed by atoms with Gasteiger partial charge in [0.15, 0.2) is 0 Å². The minimum Gasteiger partial charge on any atom is -0.321 e. The first kappa shape index (κ1) is 19.9. The maximum Gasteiger partial charge on any atom is 0.255 e. The summed E-state index contributed by atoms with van der Waals surface area (Å²) in [6, 6.07) is 23.9. The SMILES string of the molecule is CCc1ccc(C(=O)Nc2cccc3c2c(-c2ccccc2)nn3C(C)(C)C)cc1. The molecule has 0 aliphatic heterocycles. The van der Waals surface area contributed by atoms with Crippen LogP contribution in [0.5, 0.6) is 0 Å². The van der Waals surface area contributed by atoms with E-state index < -0.39 is 0 Å². The minimum atomic E-state index is -0.191. The molecule has 1 amide bonds. The van der Waals surface area contributed by atoms with Gasteiger partial charge in [0.2, 0.25) is 0 Å². The maximum atomic E-state index is 13.0. The first-order valence-electron chi connectivity index (χ1n) is 10.4. The number of nitrogens with one attached hydrogen (secondary N) is 1. The predicted octanol–water partition coefficient (Wildman–Crippen LogP) is 6.27. The van der Waals surface area contributed by atoms with Crippen molar-refractivity contribution in [2.45, 2.75) is 39.7 Å². The van der Waals surface area contributed by atoms with Crippen LogP contribution in [0, 0.1) is 0 Å². The molecule has 4 nitrogen and oxygen atoms in total. The van der Waals surface area contributed by atoms with Crippen LogP contribution in [0.2, 0.25) is 0 Å². The monoisotopic (exact) mass is 397 g/mol. The maximum absolute atomic E-state index is 13.0. The first-order valence-corrected chi connectivity index (χ1v) is 10.4. The lowest BCUT2D eigenvalue weighted by Crippen LogP contribution is -2.23. The number of carbonyl (C=O) groups excluding carboxylic acids is 1. The van der Waals surface area contributed by atoms with Gasteiger partial charge in [0, 0.05) is 11.1 Å². The normalized spacial score (nSPS) is 11.6. The summed E-state index contributed by atoms with van der Waals surface area (Å²) in [5, 5.41) is 9.04. The quantitative estimate of drug-likeness (QED) is 0.441. The second kappa shape index (κ2) is 7.79. The van der Waals surface area contributed by atoms with E-state index in [1.54, 1.807) is 0 Å². The molecule has 0 radical (unpaired) electrons. The molecule has 1 N–H and O–H groups in total. The van der Waals surface area contributed by atoms with Crippen LogP contribution in [0.3, 0.4) is 0 Å². The van der Waals surface area contributed by atoms with Gasteiger partial charge in [-0.2, -0.15) is 5.10 Å².